The first-order chi connectivity index (χ1) is 8.65. The predicted octanol–water partition coefficient (Wildman–Crippen LogP) is -0.406. The Bertz CT molecular complexity index is 577. The second kappa shape index (κ2) is 6.98. The number of nitro benzene ring substituents is 1. The maximum absolute atomic E-state index is 10.5. The van der Waals surface area contributed by atoms with Crippen LogP contribution in [0.1, 0.15) is 11.1 Å². The Morgan fingerprint density at radius 3 is 1.95 bits per heavy atom. The highest BCUT2D eigenvalue weighted by molar-refractivity contribution is 5.69. The third kappa shape index (κ3) is 4.44. The van der Waals surface area contributed by atoms with Crippen molar-refractivity contribution in [2.45, 2.75) is 0 Å². The number of rotatable bonds is 3. The minimum Gasteiger partial charge on any atom is -1.00 e. The molecule has 1 aromatic carbocycles. The third-order valence-corrected chi connectivity index (χ3v) is 2.58. The minimum atomic E-state index is -0.398. The number of hydrogen-bond acceptors (Lipinski definition) is 2. The zero-order valence-electron chi connectivity index (χ0n) is 10.4. The van der Waals surface area contributed by atoms with Crippen LogP contribution in [0.3, 0.4) is 0 Å². The molecule has 5 heteroatoms. The van der Waals surface area contributed by atoms with Crippen LogP contribution in [0.15, 0.2) is 48.8 Å². The molecule has 0 saturated heterocycles. The number of halogens is 1. The smallest absolute Gasteiger partial charge is 0.269 e. The fourth-order valence-electron chi connectivity index (χ4n) is 1.52. The lowest BCUT2D eigenvalue weighted by molar-refractivity contribution is -0.671. The topological polar surface area (TPSA) is 47.0 Å². The van der Waals surface area contributed by atoms with Gasteiger partial charge in [0.2, 0.25) is 0 Å². The van der Waals surface area contributed by atoms with Gasteiger partial charge < -0.3 is 24.0 Å². The highest BCUT2D eigenvalue weighted by atomic mass is 127. The van der Waals surface area contributed by atoms with Gasteiger partial charge in [0, 0.05) is 24.3 Å². The van der Waals surface area contributed by atoms with E-state index in [-0.39, 0.29) is 29.7 Å². The Labute approximate surface area is 128 Å². The van der Waals surface area contributed by atoms with Crippen LogP contribution in [-0.4, -0.2) is 4.92 Å². The average Bonchev–Trinajstić information content (AvgIpc) is 2.38. The molecule has 0 aliphatic carbocycles. The van der Waals surface area contributed by atoms with Gasteiger partial charge in [0.05, 0.1) is 4.92 Å². The van der Waals surface area contributed by atoms with Crippen LogP contribution >= 0.6 is 0 Å². The summed E-state index contributed by atoms with van der Waals surface area (Å²) in [5, 5.41) is 10.5. The molecule has 2 aromatic rings. The molecule has 0 radical (unpaired) electrons. The van der Waals surface area contributed by atoms with Crippen LogP contribution in [-0.2, 0) is 7.05 Å². The number of non-ortho nitro benzene ring substituents is 1. The monoisotopic (exact) mass is 368 g/mol. The fraction of sp³-hybridized carbons (Fsp3) is 0.0714. The molecule has 0 atom stereocenters. The lowest BCUT2D eigenvalue weighted by Gasteiger charge is -1.94. The largest absolute Gasteiger partial charge is 1.00 e. The van der Waals surface area contributed by atoms with Crippen molar-refractivity contribution in [3.8, 4) is 0 Å². The predicted molar refractivity (Wildman–Crippen MR) is 69.6 cm³/mol. The molecule has 0 aliphatic rings. The summed E-state index contributed by atoms with van der Waals surface area (Å²) in [6, 6.07) is 10.5. The minimum absolute atomic E-state index is 0. The summed E-state index contributed by atoms with van der Waals surface area (Å²) < 4.78 is 1.96. The van der Waals surface area contributed by atoms with Gasteiger partial charge in [-0.2, -0.15) is 0 Å². The van der Waals surface area contributed by atoms with Gasteiger partial charge in [0.1, 0.15) is 7.05 Å². The zero-order chi connectivity index (χ0) is 13.0. The number of aromatic nitrogens is 1. The van der Waals surface area contributed by atoms with Crippen molar-refractivity contribution in [2.75, 3.05) is 0 Å². The van der Waals surface area contributed by atoms with E-state index in [1.54, 1.807) is 12.1 Å². The van der Waals surface area contributed by atoms with Crippen LogP contribution in [0.4, 0.5) is 5.69 Å². The molecule has 0 unspecified atom stereocenters. The standard InChI is InChI=1S/C14H13N2O2.HI/c1-15-10-8-13(9-11-15)3-2-12-4-6-14(7-5-12)16(17)18;/h2-11H,1H3;1H/q+1;/p-1. The highest BCUT2D eigenvalue weighted by Crippen LogP contribution is 2.13. The van der Waals surface area contributed by atoms with E-state index in [9.17, 15) is 10.1 Å². The number of nitro groups is 1. The van der Waals surface area contributed by atoms with E-state index >= 15 is 0 Å². The lowest BCUT2D eigenvalue weighted by atomic mass is 10.1. The van der Waals surface area contributed by atoms with Gasteiger partial charge in [-0.1, -0.05) is 12.2 Å². The molecule has 98 valence electrons. The molecular weight excluding hydrogens is 355 g/mol. The van der Waals surface area contributed by atoms with Gasteiger partial charge in [-0.15, -0.1) is 0 Å². The zero-order valence-corrected chi connectivity index (χ0v) is 12.5. The Morgan fingerprint density at radius 1 is 1.00 bits per heavy atom. The Hall–Kier alpha value is -1.76. The second-order valence-electron chi connectivity index (χ2n) is 3.98. The normalized spacial score (nSPS) is 10.2. The summed E-state index contributed by atoms with van der Waals surface area (Å²) in [5.74, 6) is 0. The molecule has 1 heterocycles. The maximum atomic E-state index is 10.5. The van der Waals surface area contributed by atoms with Gasteiger partial charge in [0.25, 0.3) is 5.69 Å². The maximum Gasteiger partial charge on any atom is 0.269 e. The van der Waals surface area contributed by atoms with Crippen LogP contribution in [0.5, 0.6) is 0 Å². The van der Waals surface area contributed by atoms with E-state index in [0.717, 1.165) is 11.1 Å². The Balaban J connectivity index is 0.00000180. The number of aryl methyl sites for hydroxylation is 1. The van der Waals surface area contributed by atoms with Crippen molar-refractivity contribution in [1.29, 1.82) is 0 Å². The molecule has 2 rings (SSSR count). The van der Waals surface area contributed by atoms with E-state index in [4.69, 9.17) is 0 Å². The van der Waals surface area contributed by atoms with Crippen molar-refractivity contribution >= 4 is 17.8 Å². The van der Waals surface area contributed by atoms with Crippen LogP contribution < -0.4 is 28.5 Å². The van der Waals surface area contributed by atoms with Gasteiger partial charge in [-0.05, 0) is 23.3 Å². The third-order valence-electron chi connectivity index (χ3n) is 2.58. The van der Waals surface area contributed by atoms with Crippen molar-refractivity contribution in [2.24, 2.45) is 7.05 Å². The van der Waals surface area contributed by atoms with Crippen LogP contribution in [0.2, 0.25) is 0 Å². The molecule has 19 heavy (non-hydrogen) atoms. The average molecular weight is 368 g/mol. The summed E-state index contributed by atoms with van der Waals surface area (Å²) in [6.45, 7) is 0. The molecular formula is C14H13IN2O2. The first kappa shape index (κ1) is 15.3. The number of benzene rings is 1. The van der Waals surface area contributed by atoms with Crippen LogP contribution in [0.25, 0.3) is 12.2 Å². The van der Waals surface area contributed by atoms with Crippen LogP contribution in [0, 0.1) is 10.1 Å². The molecule has 0 N–H and O–H groups in total. The molecule has 0 saturated carbocycles. The Morgan fingerprint density at radius 2 is 1.47 bits per heavy atom. The number of nitrogens with zero attached hydrogens (tertiary/aromatic N) is 2. The molecule has 1 aromatic heterocycles. The SMILES string of the molecule is C[n+]1ccc(C=Cc2ccc([N+](=O)[O-])cc2)cc1.[I-]. The quantitative estimate of drug-likeness (QED) is 0.320. The molecule has 0 spiro atoms. The van der Waals surface area contributed by atoms with Gasteiger partial charge in [-0.3, -0.25) is 10.1 Å². The summed E-state index contributed by atoms with van der Waals surface area (Å²) >= 11 is 0. The van der Waals surface area contributed by atoms with Crippen molar-refractivity contribution in [1.82, 2.24) is 0 Å². The molecule has 4 nitrogen and oxygen atoms in total. The number of hydrogen-bond donors (Lipinski definition) is 0. The highest BCUT2D eigenvalue weighted by Gasteiger charge is 2.02. The van der Waals surface area contributed by atoms with E-state index in [0.29, 0.717) is 0 Å². The van der Waals surface area contributed by atoms with Crippen molar-refractivity contribution in [3.63, 3.8) is 0 Å². The summed E-state index contributed by atoms with van der Waals surface area (Å²) in [6.07, 6.45) is 7.84. The second-order valence-corrected chi connectivity index (χ2v) is 3.98. The first-order valence-corrected chi connectivity index (χ1v) is 5.53. The lowest BCUT2D eigenvalue weighted by Crippen LogP contribution is -3.00. The molecule has 0 bridgehead atoms. The van der Waals surface area contributed by atoms with E-state index in [2.05, 4.69) is 0 Å². The first-order valence-electron chi connectivity index (χ1n) is 5.53. The van der Waals surface area contributed by atoms with E-state index in [1.165, 1.54) is 12.1 Å². The summed E-state index contributed by atoms with van der Waals surface area (Å²) in [7, 11) is 1.96. The molecule has 0 aliphatic heterocycles. The van der Waals surface area contributed by atoms with Gasteiger partial charge in [-0.25, -0.2) is 4.57 Å². The van der Waals surface area contributed by atoms with Crippen molar-refractivity contribution in [3.05, 3.63) is 70.0 Å². The van der Waals surface area contributed by atoms with Gasteiger partial charge >= 0.3 is 0 Å². The summed E-state index contributed by atoms with van der Waals surface area (Å²) in [5.41, 5.74) is 2.14. The molecule has 0 fully saturated rings. The van der Waals surface area contributed by atoms with Gasteiger partial charge in [0.15, 0.2) is 12.4 Å². The Kier molecular flexibility index (Phi) is 5.62. The van der Waals surface area contributed by atoms with E-state index < -0.39 is 4.92 Å². The fourth-order valence-corrected chi connectivity index (χ4v) is 1.52. The van der Waals surface area contributed by atoms with Crippen molar-refractivity contribution < 1.29 is 33.5 Å². The number of pyridine rings is 1. The van der Waals surface area contributed by atoms with E-state index in [1.807, 2.05) is 48.3 Å². The summed E-state index contributed by atoms with van der Waals surface area (Å²) in [4.78, 5) is 10.1. The molecule has 0 amide bonds.